The Labute approximate surface area is 133 Å². The van der Waals surface area contributed by atoms with Crippen LogP contribution in [0.2, 0.25) is 0 Å². The zero-order valence-electron chi connectivity index (χ0n) is 13.9. The highest BCUT2D eigenvalue weighted by Crippen LogP contribution is 2.42. The predicted octanol–water partition coefficient (Wildman–Crippen LogP) is 4.01. The molecule has 4 nitrogen and oxygen atoms in total. The Bertz CT molecular complexity index is 482. The fourth-order valence-electron chi connectivity index (χ4n) is 2.53. The number of rotatable bonds is 9. The Kier molecular flexibility index (Phi) is 5.83. The van der Waals surface area contributed by atoms with Crippen molar-refractivity contribution in [3.63, 3.8) is 0 Å². The molecule has 1 aromatic carbocycles. The molecule has 0 spiro atoms. The van der Waals surface area contributed by atoms with Gasteiger partial charge in [0.05, 0.1) is 6.61 Å². The normalized spacial score (nSPS) is 16.9. The topological polar surface area (TPSA) is 47.6 Å². The Morgan fingerprint density at radius 3 is 2.50 bits per heavy atom. The molecular formula is C18H27NO3. The van der Waals surface area contributed by atoms with Crippen LogP contribution in [0.1, 0.15) is 46.5 Å². The quantitative estimate of drug-likeness (QED) is 0.701. The van der Waals surface area contributed by atoms with Crippen molar-refractivity contribution in [2.45, 2.75) is 52.1 Å². The molecule has 0 aliphatic heterocycles. The number of anilines is 1. The van der Waals surface area contributed by atoms with E-state index in [0.717, 1.165) is 43.7 Å². The third-order valence-corrected chi connectivity index (χ3v) is 4.13. The van der Waals surface area contributed by atoms with Crippen LogP contribution >= 0.6 is 0 Å². The average Bonchev–Trinajstić information content (AvgIpc) is 3.34. The monoisotopic (exact) mass is 305 g/mol. The van der Waals surface area contributed by atoms with Gasteiger partial charge < -0.3 is 14.8 Å². The van der Waals surface area contributed by atoms with E-state index in [2.05, 4.69) is 12.2 Å². The number of nitrogens with one attached hydrogen (secondary N) is 1. The summed E-state index contributed by atoms with van der Waals surface area (Å²) < 4.78 is 11.4. The fourth-order valence-corrected chi connectivity index (χ4v) is 2.53. The molecule has 1 saturated carbocycles. The largest absolute Gasteiger partial charge is 0.494 e. The van der Waals surface area contributed by atoms with Gasteiger partial charge in [-0.3, -0.25) is 4.79 Å². The lowest BCUT2D eigenvalue weighted by molar-refractivity contribution is -0.141. The molecule has 1 amide bonds. The SMILES string of the molecule is CCCCOc1ccc(NC(=O)[C@@](C)(OCC)C2CC2)cc1. The summed E-state index contributed by atoms with van der Waals surface area (Å²) in [5.74, 6) is 1.11. The Morgan fingerprint density at radius 1 is 1.27 bits per heavy atom. The van der Waals surface area contributed by atoms with Gasteiger partial charge in [0.15, 0.2) is 0 Å². The molecule has 1 N–H and O–H groups in total. The van der Waals surface area contributed by atoms with E-state index in [-0.39, 0.29) is 5.91 Å². The number of amides is 1. The smallest absolute Gasteiger partial charge is 0.256 e. The zero-order valence-corrected chi connectivity index (χ0v) is 13.9. The maximum atomic E-state index is 12.5. The van der Waals surface area contributed by atoms with Gasteiger partial charge in [0.2, 0.25) is 0 Å². The van der Waals surface area contributed by atoms with Crippen molar-refractivity contribution in [1.29, 1.82) is 0 Å². The van der Waals surface area contributed by atoms with E-state index in [1.165, 1.54) is 0 Å². The highest BCUT2D eigenvalue weighted by molar-refractivity contribution is 5.97. The van der Waals surface area contributed by atoms with Crippen molar-refractivity contribution in [2.75, 3.05) is 18.5 Å². The number of hydrogen-bond donors (Lipinski definition) is 1. The molecule has 0 bridgehead atoms. The fraction of sp³-hybridized carbons (Fsp3) is 0.611. The van der Waals surface area contributed by atoms with E-state index in [9.17, 15) is 4.79 Å². The Morgan fingerprint density at radius 2 is 1.95 bits per heavy atom. The maximum Gasteiger partial charge on any atom is 0.256 e. The van der Waals surface area contributed by atoms with Gasteiger partial charge in [-0.05, 0) is 63.3 Å². The van der Waals surface area contributed by atoms with Crippen LogP contribution in [0, 0.1) is 5.92 Å². The van der Waals surface area contributed by atoms with Gasteiger partial charge in [-0.1, -0.05) is 13.3 Å². The summed E-state index contributed by atoms with van der Waals surface area (Å²) in [5, 5.41) is 2.96. The second-order valence-corrected chi connectivity index (χ2v) is 5.99. The summed E-state index contributed by atoms with van der Waals surface area (Å²) in [6, 6.07) is 7.53. The lowest BCUT2D eigenvalue weighted by Crippen LogP contribution is -2.44. The van der Waals surface area contributed by atoms with Gasteiger partial charge in [-0.25, -0.2) is 0 Å². The summed E-state index contributed by atoms with van der Waals surface area (Å²) in [6.45, 7) is 7.23. The van der Waals surface area contributed by atoms with E-state index in [0.29, 0.717) is 12.5 Å². The van der Waals surface area contributed by atoms with Crippen LogP contribution in [0.15, 0.2) is 24.3 Å². The van der Waals surface area contributed by atoms with E-state index in [4.69, 9.17) is 9.47 Å². The number of benzene rings is 1. The molecule has 1 aromatic rings. The first-order valence-electron chi connectivity index (χ1n) is 8.28. The third kappa shape index (κ3) is 4.23. The summed E-state index contributed by atoms with van der Waals surface area (Å²) in [4.78, 5) is 12.5. The van der Waals surface area contributed by atoms with Gasteiger partial charge in [-0.2, -0.15) is 0 Å². The zero-order chi connectivity index (χ0) is 16.0. The van der Waals surface area contributed by atoms with Crippen LogP contribution in [0.3, 0.4) is 0 Å². The van der Waals surface area contributed by atoms with Crippen molar-refractivity contribution in [2.24, 2.45) is 5.92 Å². The first-order valence-corrected chi connectivity index (χ1v) is 8.28. The molecule has 1 fully saturated rings. The van der Waals surface area contributed by atoms with Gasteiger partial charge in [0.1, 0.15) is 11.4 Å². The van der Waals surface area contributed by atoms with E-state index in [1.54, 1.807) is 0 Å². The highest BCUT2D eigenvalue weighted by atomic mass is 16.5. The summed E-state index contributed by atoms with van der Waals surface area (Å²) in [7, 11) is 0. The maximum absolute atomic E-state index is 12.5. The van der Waals surface area contributed by atoms with Crippen LogP contribution in [0.25, 0.3) is 0 Å². The first-order chi connectivity index (χ1) is 10.6. The molecule has 0 radical (unpaired) electrons. The molecule has 122 valence electrons. The van der Waals surface area contributed by atoms with Crippen molar-refractivity contribution in [3.8, 4) is 5.75 Å². The van der Waals surface area contributed by atoms with Gasteiger partial charge >= 0.3 is 0 Å². The number of hydrogen-bond acceptors (Lipinski definition) is 3. The second kappa shape index (κ2) is 7.63. The lowest BCUT2D eigenvalue weighted by atomic mass is 9.99. The second-order valence-electron chi connectivity index (χ2n) is 5.99. The molecule has 22 heavy (non-hydrogen) atoms. The standard InChI is InChI=1S/C18H27NO3/c1-4-6-13-21-16-11-9-15(10-12-16)19-17(20)18(3,22-5-2)14-7-8-14/h9-12,14H,4-8,13H2,1-3H3,(H,19,20)/t18-/m0/s1. The Balaban J connectivity index is 1.93. The molecule has 0 saturated heterocycles. The van der Waals surface area contributed by atoms with Crippen molar-refractivity contribution in [1.82, 2.24) is 0 Å². The first kappa shape index (κ1) is 16.8. The summed E-state index contributed by atoms with van der Waals surface area (Å²) in [6.07, 6.45) is 4.29. The Hall–Kier alpha value is -1.55. The molecule has 1 aliphatic rings. The van der Waals surface area contributed by atoms with Gasteiger partial charge in [-0.15, -0.1) is 0 Å². The van der Waals surface area contributed by atoms with Crippen LogP contribution < -0.4 is 10.1 Å². The molecule has 1 atom stereocenters. The van der Waals surface area contributed by atoms with Crippen LogP contribution in [-0.2, 0) is 9.53 Å². The van der Waals surface area contributed by atoms with Gasteiger partial charge in [0.25, 0.3) is 5.91 Å². The molecular weight excluding hydrogens is 278 g/mol. The van der Waals surface area contributed by atoms with Crippen molar-refractivity contribution in [3.05, 3.63) is 24.3 Å². The van der Waals surface area contributed by atoms with Crippen LogP contribution in [0.5, 0.6) is 5.75 Å². The molecule has 0 aromatic heterocycles. The minimum Gasteiger partial charge on any atom is -0.494 e. The number of carbonyl (C=O) groups is 1. The number of carbonyl (C=O) groups excluding carboxylic acids is 1. The van der Waals surface area contributed by atoms with Crippen molar-refractivity contribution < 1.29 is 14.3 Å². The predicted molar refractivity (Wildman–Crippen MR) is 88.2 cm³/mol. The van der Waals surface area contributed by atoms with Crippen molar-refractivity contribution >= 4 is 11.6 Å². The minimum absolute atomic E-state index is 0.0588. The number of unbranched alkanes of at least 4 members (excludes halogenated alkanes) is 1. The molecule has 0 heterocycles. The molecule has 2 rings (SSSR count). The number of ether oxygens (including phenoxy) is 2. The van der Waals surface area contributed by atoms with Gasteiger partial charge in [0, 0.05) is 12.3 Å². The minimum atomic E-state index is -0.717. The molecule has 1 aliphatic carbocycles. The third-order valence-electron chi connectivity index (χ3n) is 4.13. The van der Waals surface area contributed by atoms with E-state index >= 15 is 0 Å². The molecule has 0 unspecified atom stereocenters. The molecule has 4 heteroatoms. The highest BCUT2D eigenvalue weighted by Gasteiger charge is 2.48. The van der Waals surface area contributed by atoms with E-state index in [1.807, 2.05) is 38.1 Å². The van der Waals surface area contributed by atoms with Crippen LogP contribution in [0.4, 0.5) is 5.69 Å². The summed E-state index contributed by atoms with van der Waals surface area (Å²) >= 11 is 0. The van der Waals surface area contributed by atoms with E-state index < -0.39 is 5.60 Å². The lowest BCUT2D eigenvalue weighted by Gasteiger charge is -2.28. The average molecular weight is 305 g/mol. The summed E-state index contributed by atoms with van der Waals surface area (Å²) in [5.41, 5.74) is 0.0600. The van der Waals surface area contributed by atoms with Crippen LogP contribution in [-0.4, -0.2) is 24.7 Å².